The van der Waals surface area contributed by atoms with Gasteiger partial charge in [0.05, 0.1) is 20.3 Å². The lowest BCUT2D eigenvalue weighted by atomic mass is 10.2. The van der Waals surface area contributed by atoms with E-state index in [1.807, 2.05) is 30.3 Å². The number of carbonyl (C=O) groups is 1. The van der Waals surface area contributed by atoms with Gasteiger partial charge in [0, 0.05) is 7.05 Å². The molecule has 3 rings (SSSR count). The fourth-order valence-electron chi connectivity index (χ4n) is 2.13. The third-order valence-corrected chi connectivity index (χ3v) is 4.72. The lowest BCUT2D eigenvalue weighted by molar-refractivity contribution is 0.0687. The monoisotopic (exact) mass is 291 g/mol. The normalized spacial score (nSPS) is 11.1. The van der Waals surface area contributed by atoms with Crippen molar-refractivity contribution in [2.24, 2.45) is 7.05 Å². The van der Waals surface area contributed by atoms with Gasteiger partial charge in [-0.3, -0.25) is 0 Å². The fraction of sp³-hybridized carbons (Fsp3) is 0.0714. The van der Waals surface area contributed by atoms with Crippen LogP contribution in [-0.2, 0) is 7.05 Å². The van der Waals surface area contributed by atoms with Gasteiger partial charge in [-0.25, -0.2) is 4.79 Å². The van der Waals surface area contributed by atoms with Crippen molar-refractivity contribution in [1.82, 2.24) is 4.57 Å². The van der Waals surface area contributed by atoms with E-state index in [2.05, 4.69) is 0 Å². The molecule has 3 aromatic rings. The maximum absolute atomic E-state index is 11.1. The molecule has 0 bridgehead atoms. The summed E-state index contributed by atoms with van der Waals surface area (Å²) in [5.41, 5.74) is 1.16. The number of hydrogen-bond donors (Lipinski definition) is 1. The molecule has 0 fully saturated rings. The van der Waals surface area contributed by atoms with Crippen LogP contribution in [0.25, 0.3) is 20.7 Å². The highest BCUT2D eigenvalue weighted by atomic mass is 35.5. The van der Waals surface area contributed by atoms with Gasteiger partial charge in [-0.1, -0.05) is 23.7 Å². The molecule has 1 N–H and O–H groups in total. The average molecular weight is 292 g/mol. The molecule has 0 saturated heterocycles. The predicted molar refractivity (Wildman–Crippen MR) is 78.2 cm³/mol. The Hall–Kier alpha value is -1.78. The van der Waals surface area contributed by atoms with Crippen molar-refractivity contribution in [3.05, 3.63) is 47.1 Å². The summed E-state index contributed by atoms with van der Waals surface area (Å²) in [6.07, 6.45) is 0. The summed E-state index contributed by atoms with van der Waals surface area (Å²) in [4.78, 5) is 12.1. The zero-order chi connectivity index (χ0) is 13.6. The van der Waals surface area contributed by atoms with Crippen LogP contribution in [0.1, 0.15) is 10.5 Å². The lowest BCUT2D eigenvalue weighted by Crippen LogP contribution is -2.04. The standard InChI is InChI=1S/C14H10ClNO2S/c1-16-10(5-6-11(16)14(17)18)12-7-8-3-2-4-9(15)13(8)19-12/h2-7H,1H3,(H,17,18). The van der Waals surface area contributed by atoms with Crippen molar-refractivity contribution in [2.75, 3.05) is 0 Å². The van der Waals surface area contributed by atoms with E-state index in [9.17, 15) is 4.79 Å². The summed E-state index contributed by atoms with van der Waals surface area (Å²) in [5, 5.41) is 10.9. The first-order valence-corrected chi connectivity index (χ1v) is 6.85. The Bertz CT molecular complexity index is 788. The SMILES string of the molecule is Cn1c(C(=O)O)ccc1-c1cc2cccc(Cl)c2s1. The van der Waals surface area contributed by atoms with Crippen LogP contribution in [-0.4, -0.2) is 15.6 Å². The number of hydrogen-bond acceptors (Lipinski definition) is 2. The largest absolute Gasteiger partial charge is 0.477 e. The highest BCUT2D eigenvalue weighted by molar-refractivity contribution is 7.22. The van der Waals surface area contributed by atoms with E-state index in [1.54, 1.807) is 29.0 Å². The first-order chi connectivity index (χ1) is 9.08. The molecule has 19 heavy (non-hydrogen) atoms. The van der Waals surface area contributed by atoms with Crippen LogP contribution in [0, 0.1) is 0 Å². The van der Waals surface area contributed by atoms with Crippen molar-refractivity contribution < 1.29 is 9.90 Å². The van der Waals surface area contributed by atoms with Crippen LogP contribution in [0.4, 0.5) is 0 Å². The number of aromatic nitrogens is 1. The first kappa shape index (κ1) is 12.3. The lowest BCUT2D eigenvalue weighted by Gasteiger charge is -2.02. The molecule has 96 valence electrons. The molecule has 0 atom stereocenters. The molecule has 0 saturated carbocycles. The summed E-state index contributed by atoms with van der Waals surface area (Å²) in [6, 6.07) is 11.2. The second kappa shape index (κ2) is 4.40. The van der Waals surface area contributed by atoms with Gasteiger partial charge < -0.3 is 9.67 Å². The molecule has 0 radical (unpaired) electrons. The van der Waals surface area contributed by atoms with Crippen molar-refractivity contribution in [3.8, 4) is 10.6 Å². The molecule has 2 aromatic heterocycles. The van der Waals surface area contributed by atoms with E-state index in [0.29, 0.717) is 0 Å². The summed E-state index contributed by atoms with van der Waals surface area (Å²) in [5.74, 6) is -0.923. The minimum Gasteiger partial charge on any atom is -0.477 e. The van der Waals surface area contributed by atoms with Crippen LogP contribution in [0.5, 0.6) is 0 Å². The van der Waals surface area contributed by atoms with Gasteiger partial charge in [0.1, 0.15) is 5.69 Å². The van der Waals surface area contributed by atoms with E-state index >= 15 is 0 Å². The van der Waals surface area contributed by atoms with Crippen molar-refractivity contribution in [1.29, 1.82) is 0 Å². The van der Waals surface area contributed by atoms with Gasteiger partial charge in [0.2, 0.25) is 0 Å². The maximum atomic E-state index is 11.1. The molecule has 0 aliphatic heterocycles. The highest BCUT2D eigenvalue weighted by Gasteiger charge is 2.14. The average Bonchev–Trinajstić information content (AvgIpc) is 2.93. The minimum absolute atomic E-state index is 0.276. The smallest absolute Gasteiger partial charge is 0.352 e. The second-order valence-electron chi connectivity index (χ2n) is 4.24. The molecule has 0 aliphatic rings. The van der Waals surface area contributed by atoms with E-state index in [4.69, 9.17) is 16.7 Å². The summed E-state index contributed by atoms with van der Waals surface area (Å²) >= 11 is 7.73. The molecule has 0 amide bonds. The van der Waals surface area contributed by atoms with E-state index in [0.717, 1.165) is 25.7 Å². The molecule has 1 aromatic carbocycles. The molecular formula is C14H10ClNO2S. The number of benzene rings is 1. The topological polar surface area (TPSA) is 42.2 Å². The Morgan fingerprint density at radius 2 is 2.11 bits per heavy atom. The molecule has 0 spiro atoms. The van der Waals surface area contributed by atoms with Crippen LogP contribution in [0.2, 0.25) is 5.02 Å². The van der Waals surface area contributed by atoms with Gasteiger partial charge in [0.15, 0.2) is 0 Å². The summed E-state index contributed by atoms with van der Waals surface area (Å²) in [6.45, 7) is 0. The Labute approximate surface area is 118 Å². The number of rotatable bonds is 2. The number of halogens is 1. The maximum Gasteiger partial charge on any atom is 0.352 e. The molecular weight excluding hydrogens is 282 g/mol. The quantitative estimate of drug-likeness (QED) is 0.766. The Kier molecular flexibility index (Phi) is 2.84. The first-order valence-electron chi connectivity index (χ1n) is 5.65. The highest BCUT2D eigenvalue weighted by Crippen LogP contribution is 2.37. The number of carboxylic acids is 1. The number of aromatic carboxylic acids is 1. The Morgan fingerprint density at radius 3 is 2.74 bits per heavy atom. The van der Waals surface area contributed by atoms with Gasteiger partial charge >= 0.3 is 5.97 Å². The fourth-order valence-corrected chi connectivity index (χ4v) is 3.55. The van der Waals surface area contributed by atoms with Gasteiger partial charge in [0.25, 0.3) is 0 Å². The summed E-state index contributed by atoms with van der Waals surface area (Å²) in [7, 11) is 1.75. The molecule has 5 heteroatoms. The molecule has 3 nitrogen and oxygen atoms in total. The Balaban J connectivity index is 2.20. The van der Waals surface area contributed by atoms with Gasteiger partial charge in [-0.05, 0) is 29.7 Å². The van der Waals surface area contributed by atoms with Crippen molar-refractivity contribution >= 4 is 39.0 Å². The third kappa shape index (κ3) is 1.93. The number of thiophene rings is 1. The van der Waals surface area contributed by atoms with E-state index in [-0.39, 0.29) is 5.69 Å². The summed E-state index contributed by atoms with van der Waals surface area (Å²) < 4.78 is 2.71. The van der Waals surface area contributed by atoms with Crippen LogP contribution in [0.15, 0.2) is 36.4 Å². The van der Waals surface area contributed by atoms with E-state index < -0.39 is 5.97 Å². The Morgan fingerprint density at radius 1 is 1.32 bits per heavy atom. The molecule has 0 aliphatic carbocycles. The number of fused-ring (bicyclic) bond motifs is 1. The second-order valence-corrected chi connectivity index (χ2v) is 5.70. The zero-order valence-corrected chi connectivity index (χ0v) is 11.6. The van der Waals surface area contributed by atoms with Crippen molar-refractivity contribution in [2.45, 2.75) is 0 Å². The van der Waals surface area contributed by atoms with Crippen LogP contribution >= 0.6 is 22.9 Å². The number of carboxylic acid groups (broad SMARTS) is 1. The van der Waals surface area contributed by atoms with Gasteiger partial charge in [-0.15, -0.1) is 11.3 Å². The zero-order valence-electron chi connectivity index (χ0n) is 10.1. The predicted octanol–water partition coefficient (Wildman–Crippen LogP) is 4.26. The van der Waals surface area contributed by atoms with Crippen LogP contribution in [0.3, 0.4) is 0 Å². The van der Waals surface area contributed by atoms with Crippen molar-refractivity contribution in [3.63, 3.8) is 0 Å². The number of nitrogens with zero attached hydrogens (tertiary/aromatic N) is 1. The van der Waals surface area contributed by atoms with E-state index in [1.165, 1.54) is 0 Å². The molecule has 2 heterocycles. The minimum atomic E-state index is -0.923. The third-order valence-electron chi connectivity index (χ3n) is 3.09. The van der Waals surface area contributed by atoms with Crippen LogP contribution < -0.4 is 0 Å². The van der Waals surface area contributed by atoms with Gasteiger partial charge in [-0.2, -0.15) is 0 Å². The molecule has 0 unspecified atom stereocenters.